The predicted octanol–water partition coefficient (Wildman–Crippen LogP) is 2.68. The van der Waals surface area contributed by atoms with Gasteiger partial charge in [0.2, 0.25) is 0 Å². The molecule has 1 aromatic heterocycles. The third kappa shape index (κ3) is 5.93. The number of hydrogen-bond donors (Lipinski definition) is 1. The highest BCUT2D eigenvalue weighted by atomic mass is 127. The Morgan fingerprint density at radius 3 is 2.97 bits per heavy atom. The highest BCUT2D eigenvalue weighted by Gasteiger charge is 2.26. The summed E-state index contributed by atoms with van der Waals surface area (Å²) in [5.41, 5.74) is 2.15. The first kappa shape index (κ1) is 24.3. The summed E-state index contributed by atoms with van der Waals surface area (Å²) in [4.78, 5) is 21.4. The quantitative estimate of drug-likeness (QED) is 0.248. The molecule has 3 heterocycles. The lowest BCUT2D eigenvalue weighted by molar-refractivity contribution is -0.121. The number of nitrogens with one attached hydrogen (secondary N) is 1. The standard InChI is InChI=1S/C23H32N6O2.HI/c1-3-24-23(28-12-9-18(16-28)13-19-14-26-27(2)15-19)25-10-6-11-29-20-7-4-5-8-21(20)31-17-22(29)30;/h4-5,7-8,14-15,18H,3,6,9-13,16-17H2,1-2H3,(H,24,25);1H. The first-order valence-corrected chi connectivity index (χ1v) is 11.2. The van der Waals surface area contributed by atoms with Gasteiger partial charge >= 0.3 is 0 Å². The van der Waals surface area contributed by atoms with Crippen molar-refractivity contribution in [2.24, 2.45) is 18.0 Å². The second kappa shape index (κ2) is 11.5. The average Bonchev–Trinajstić information content (AvgIpc) is 3.40. The number of ether oxygens (including phenoxy) is 1. The fourth-order valence-corrected chi connectivity index (χ4v) is 4.34. The minimum Gasteiger partial charge on any atom is -0.482 e. The van der Waals surface area contributed by atoms with Crippen molar-refractivity contribution in [2.45, 2.75) is 26.2 Å². The van der Waals surface area contributed by atoms with Crippen LogP contribution >= 0.6 is 24.0 Å². The lowest BCUT2D eigenvalue weighted by Crippen LogP contribution is -2.41. The molecule has 32 heavy (non-hydrogen) atoms. The topological polar surface area (TPSA) is 75.0 Å². The Labute approximate surface area is 207 Å². The minimum absolute atomic E-state index is 0. The number of aryl methyl sites for hydroxylation is 1. The van der Waals surface area contributed by atoms with Gasteiger partial charge in [0.25, 0.3) is 5.91 Å². The van der Waals surface area contributed by atoms with Gasteiger partial charge in [-0.25, -0.2) is 0 Å². The monoisotopic (exact) mass is 552 g/mol. The van der Waals surface area contributed by atoms with Crippen LogP contribution in [-0.4, -0.2) is 65.9 Å². The van der Waals surface area contributed by atoms with Crippen LogP contribution in [0.25, 0.3) is 0 Å². The van der Waals surface area contributed by atoms with E-state index in [1.165, 1.54) is 12.0 Å². The Morgan fingerprint density at radius 1 is 1.34 bits per heavy atom. The molecule has 4 rings (SSSR count). The summed E-state index contributed by atoms with van der Waals surface area (Å²) in [6.07, 6.45) is 7.10. The van der Waals surface area contributed by atoms with Gasteiger partial charge in [-0.2, -0.15) is 5.10 Å². The van der Waals surface area contributed by atoms with Gasteiger partial charge in [-0.3, -0.25) is 14.5 Å². The van der Waals surface area contributed by atoms with Gasteiger partial charge in [-0.15, -0.1) is 24.0 Å². The number of anilines is 1. The summed E-state index contributed by atoms with van der Waals surface area (Å²) in [5, 5.41) is 7.72. The zero-order valence-electron chi connectivity index (χ0n) is 18.9. The van der Waals surface area contributed by atoms with E-state index in [1.54, 1.807) is 0 Å². The Balaban J connectivity index is 0.00000289. The second-order valence-electron chi connectivity index (χ2n) is 8.22. The number of amides is 1. The van der Waals surface area contributed by atoms with E-state index in [-0.39, 0.29) is 36.5 Å². The number of nitrogens with zero attached hydrogens (tertiary/aromatic N) is 5. The zero-order valence-corrected chi connectivity index (χ0v) is 21.2. The number of halogens is 1. The molecule has 1 atom stereocenters. The number of carbonyl (C=O) groups is 1. The van der Waals surface area contributed by atoms with Crippen molar-refractivity contribution in [3.05, 3.63) is 42.2 Å². The third-order valence-electron chi connectivity index (χ3n) is 5.81. The van der Waals surface area contributed by atoms with Gasteiger partial charge in [0, 0.05) is 46.0 Å². The molecule has 9 heteroatoms. The van der Waals surface area contributed by atoms with E-state index >= 15 is 0 Å². The van der Waals surface area contributed by atoms with Crippen LogP contribution in [0.1, 0.15) is 25.3 Å². The van der Waals surface area contributed by atoms with Crippen LogP contribution in [-0.2, 0) is 18.3 Å². The smallest absolute Gasteiger partial charge is 0.265 e. The maximum absolute atomic E-state index is 12.3. The SMILES string of the molecule is CCNC(=NCCCN1C(=O)COc2ccccc21)N1CCC(Cc2cnn(C)c2)C1.I. The number of aromatic nitrogens is 2. The molecule has 2 aromatic rings. The summed E-state index contributed by atoms with van der Waals surface area (Å²) in [7, 11) is 1.96. The van der Waals surface area contributed by atoms with Crippen molar-refractivity contribution in [3.8, 4) is 5.75 Å². The van der Waals surface area contributed by atoms with Gasteiger partial charge < -0.3 is 19.9 Å². The summed E-state index contributed by atoms with van der Waals surface area (Å²) in [6, 6.07) is 7.71. The Hall–Kier alpha value is -2.30. The largest absolute Gasteiger partial charge is 0.482 e. The summed E-state index contributed by atoms with van der Waals surface area (Å²) in [5.74, 6) is 2.38. The third-order valence-corrected chi connectivity index (χ3v) is 5.81. The van der Waals surface area contributed by atoms with Crippen molar-refractivity contribution >= 4 is 41.5 Å². The summed E-state index contributed by atoms with van der Waals surface area (Å²) < 4.78 is 7.39. The van der Waals surface area contributed by atoms with Crippen LogP contribution in [0.5, 0.6) is 5.75 Å². The molecule has 1 N–H and O–H groups in total. The van der Waals surface area contributed by atoms with E-state index in [0.29, 0.717) is 19.0 Å². The Kier molecular flexibility index (Phi) is 8.77. The van der Waals surface area contributed by atoms with E-state index in [4.69, 9.17) is 9.73 Å². The van der Waals surface area contributed by atoms with Crippen molar-refractivity contribution in [1.82, 2.24) is 20.0 Å². The number of hydrogen-bond acceptors (Lipinski definition) is 4. The average molecular weight is 552 g/mol. The number of aliphatic imine (C=N–C) groups is 1. The number of fused-ring (bicyclic) bond motifs is 1. The lowest BCUT2D eigenvalue weighted by Gasteiger charge is -2.29. The first-order chi connectivity index (χ1) is 15.1. The lowest BCUT2D eigenvalue weighted by atomic mass is 10.0. The Morgan fingerprint density at radius 2 is 2.19 bits per heavy atom. The van der Waals surface area contributed by atoms with Crippen molar-refractivity contribution in [2.75, 3.05) is 44.2 Å². The zero-order chi connectivity index (χ0) is 21.6. The molecule has 0 saturated carbocycles. The van der Waals surface area contributed by atoms with Crippen LogP contribution < -0.4 is 15.0 Å². The van der Waals surface area contributed by atoms with Crippen LogP contribution in [0.2, 0.25) is 0 Å². The maximum Gasteiger partial charge on any atom is 0.265 e. The molecule has 0 bridgehead atoms. The number of para-hydroxylation sites is 2. The molecule has 1 unspecified atom stereocenters. The molecule has 1 aromatic carbocycles. The molecular formula is C23H33IN6O2. The highest BCUT2D eigenvalue weighted by molar-refractivity contribution is 14.0. The first-order valence-electron chi connectivity index (χ1n) is 11.2. The normalized spacial score (nSPS) is 18.2. The molecule has 2 aliphatic heterocycles. The summed E-state index contributed by atoms with van der Waals surface area (Å²) in [6.45, 7) is 6.40. The fraction of sp³-hybridized carbons (Fsp3) is 0.522. The molecule has 1 amide bonds. The van der Waals surface area contributed by atoms with Crippen LogP contribution in [0.4, 0.5) is 5.69 Å². The maximum atomic E-state index is 12.3. The highest BCUT2D eigenvalue weighted by Crippen LogP contribution is 2.31. The van der Waals surface area contributed by atoms with E-state index in [0.717, 1.165) is 49.9 Å². The van der Waals surface area contributed by atoms with Crippen molar-refractivity contribution in [3.63, 3.8) is 0 Å². The molecular weight excluding hydrogens is 519 g/mol. The number of likely N-dealkylation sites (tertiary alicyclic amines) is 1. The number of carbonyl (C=O) groups excluding carboxylic acids is 1. The van der Waals surface area contributed by atoms with Crippen LogP contribution in [0.3, 0.4) is 0 Å². The predicted molar refractivity (Wildman–Crippen MR) is 137 cm³/mol. The molecule has 0 radical (unpaired) electrons. The van der Waals surface area contributed by atoms with Gasteiger partial charge in [-0.1, -0.05) is 12.1 Å². The number of guanidine groups is 1. The van der Waals surface area contributed by atoms with Gasteiger partial charge in [0.1, 0.15) is 5.75 Å². The molecule has 0 spiro atoms. The number of rotatable bonds is 7. The summed E-state index contributed by atoms with van der Waals surface area (Å²) >= 11 is 0. The second-order valence-corrected chi connectivity index (χ2v) is 8.22. The minimum atomic E-state index is 0. The number of benzene rings is 1. The van der Waals surface area contributed by atoms with E-state index in [1.807, 2.05) is 47.1 Å². The van der Waals surface area contributed by atoms with Gasteiger partial charge in [-0.05, 0) is 49.8 Å². The molecule has 8 nitrogen and oxygen atoms in total. The molecule has 0 aliphatic carbocycles. The van der Waals surface area contributed by atoms with E-state index in [9.17, 15) is 4.79 Å². The van der Waals surface area contributed by atoms with Crippen LogP contribution in [0, 0.1) is 5.92 Å². The van der Waals surface area contributed by atoms with E-state index < -0.39 is 0 Å². The van der Waals surface area contributed by atoms with Crippen LogP contribution in [0.15, 0.2) is 41.7 Å². The molecule has 2 aliphatic rings. The van der Waals surface area contributed by atoms with Gasteiger partial charge in [0.15, 0.2) is 12.6 Å². The van der Waals surface area contributed by atoms with Gasteiger partial charge in [0.05, 0.1) is 11.9 Å². The molecule has 174 valence electrons. The van der Waals surface area contributed by atoms with Crippen molar-refractivity contribution in [1.29, 1.82) is 0 Å². The van der Waals surface area contributed by atoms with E-state index in [2.05, 4.69) is 28.4 Å². The fourth-order valence-electron chi connectivity index (χ4n) is 4.34. The Bertz CT molecular complexity index is 931. The molecule has 1 saturated heterocycles. The van der Waals surface area contributed by atoms with Crippen molar-refractivity contribution < 1.29 is 9.53 Å². The molecule has 1 fully saturated rings.